The van der Waals surface area contributed by atoms with Gasteiger partial charge in [0.25, 0.3) is 0 Å². The average Bonchev–Trinajstić information content (AvgIpc) is 1.61. The summed E-state index contributed by atoms with van der Waals surface area (Å²) in [6, 6.07) is 0. The molecule has 4 N–H and O–H groups in total. The standard InChI is InChI=1S/C2H5N3S3.K/c3-1(6)4-5-2(7)8;/h(H3,3,4,6)(H2,5,7,8);/q;+1. The number of hydrogen-bond donors (Lipinski definition) is 4. The zero-order chi connectivity index (χ0) is 6.57. The smallest absolute Gasteiger partial charge is 0.375 e. The summed E-state index contributed by atoms with van der Waals surface area (Å²) in [5, 5.41) is 0.140. The largest absolute Gasteiger partial charge is 1.00 e. The Morgan fingerprint density at radius 2 is 1.78 bits per heavy atom. The zero-order valence-electron chi connectivity index (χ0n) is 4.84. The third-order valence-electron chi connectivity index (χ3n) is 0.293. The van der Waals surface area contributed by atoms with Gasteiger partial charge in [-0.3, -0.25) is 10.9 Å². The second kappa shape index (κ2) is 7.67. The van der Waals surface area contributed by atoms with Gasteiger partial charge < -0.3 is 5.73 Å². The second-order valence-electron chi connectivity index (χ2n) is 0.919. The van der Waals surface area contributed by atoms with Crippen molar-refractivity contribution >= 4 is 46.5 Å². The van der Waals surface area contributed by atoms with Crippen LogP contribution in [0.15, 0.2) is 0 Å². The minimum absolute atomic E-state index is 0. The fourth-order valence-electron chi connectivity index (χ4n) is 0.115. The van der Waals surface area contributed by atoms with E-state index in [0.717, 1.165) is 0 Å². The Balaban J connectivity index is 0. The van der Waals surface area contributed by atoms with Crippen LogP contribution < -0.4 is 68.0 Å². The third-order valence-corrected chi connectivity index (χ3v) is 0.609. The van der Waals surface area contributed by atoms with Gasteiger partial charge in [-0.1, -0.05) is 12.2 Å². The molecule has 0 aromatic heterocycles. The van der Waals surface area contributed by atoms with E-state index >= 15 is 0 Å². The predicted octanol–water partition coefficient (Wildman–Crippen LogP) is -3.46. The molecule has 7 heteroatoms. The number of thiol groups is 1. The number of nitrogens with one attached hydrogen (secondary N) is 2. The Morgan fingerprint density at radius 1 is 1.33 bits per heavy atom. The molecule has 0 unspecified atom stereocenters. The van der Waals surface area contributed by atoms with Crippen molar-refractivity contribution in [2.75, 3.05) is 0 Å². The van der Waals surface area contributed by atoms with Gasteiger partial charge in [-0.05, 0) is 12.2 Å². The summed E-state index contributed by atoms with van der Waals surface area (Å²) >= 11 is 12.6. The molecule has 0 rings (SSSR count). The van der Waals surface area contributed by atoms with E-state index in [2.05, 4.69) is 47.9 Å². The van der Waals surface area contributed by atoms with Gasteiger partial charge in [0, 0.05) is 0 Å². The van der Waals surface area contributed by atoms with Crippen LogP contribution >= 0.6 is 37.1 Å². The van der Waals surface area contributed by atoms with E-state index in [1.54, 1.807) is 0 Å². The van der Waals surface area contributed by atoms with Gasteiger partial charge in [-0.25, -0.2) is 0 Å². The molecule has 0 bridgehead atoms. The van der Waals surface area contributed by atoms with E-state index in [1.165, 1.54) is 0 Å². The van der Waals surface area contributed by atoms with Gasteiger partial charge in [0.05, 0.1) is 0 Å². The second-order valence-corrected chi connectivity index (χ2v) is 2.52. The molecule has 0 fully saturated rings. The third kappa shape index (κ3) is 12.7. The molecule has 0 aromatic carbocycles. The first-order valence-corrected chi connectivity index (χ1v) is 2.93. The van der Waals surface area contributed by atoms with Crippen molar-refractivity contribution in [3.63, 3.8) is 0 Å². The molecule has 0 radical (unpaired) electrons. The first-order valence-electron chi connectivity index (χ1n) is 1.67. The summed E-state index contributed by atoms with van der Waals surface area (Å²) in [6.45, 7) is 0. The Kier molecular flexibility index (Phi) is 11.2. The van der Waals surface area contributed by atoms with Gasteiger partial charge in [0.2, 0.25) is 0 Å². The fourth-order valence-corrected chi connectivity index (χ4v) is 0.273. The number of hydrazine groups is 1. The van der Waals surface area contributed by atoms with E-state index in [-0.39, 0.29) is 56.5 Å². The molecule has 0 aliphatic rings. The van der Waals surface area contributed by atoms with Crippen molar-refractivity contribution in [2.24, 2.45) is 5.73 Å². The molecule has 0 saturated carbocycles. The van der Waals surface area contributed by atoms with Crippen LogP contribution in [0.3, 0.4) is 0 Å². The van der Waals surface area contributed by atoms with Crippen LogP contribution in [0.25, 0.3) is 0 Å². The predicted molar refractivity (Wildman–Crippen MR) is 44.6 cm³/mol. The summed E-state index contributed by atoms with van der Waals surface area (Å²) in [6.07, 6.45) is 0. The first kappa shape index (κ1) is 13.2. The Labute approximate surface area is 112 Å². The quantitative estimate of drug-likeness (QED) is 0.144. The minimum atomic E-state index is 0. The molecular weight excluding hydrogens is 201 g/mol. The monoisotopic (exact) mass is 206 g/mol. The van der Waals surface area contributed by atoms with Gasteiger partial charge in [0.15, 0.2) is 5.11 Å². The molecular formula is C2H5KN3S3+. The number of thiocarbonyl (C=S) groups is 2. The Morgan fingerprint density at radius 3 is 1.89 bits per heavy atom. The molecule has 0 aliphatic heterocycles. The van der Waals surface area contributed by atoms with E-state index in [0.29, 0.717) is 4.32 Å². The van der Waals surface area contributed by atoms with E-state index in [4.69, 9.17) is 5.73 Å². The van der Waals surface area contributed by atoms with Gasteiger partial charge in [0.1, 0.15) is 4.32 Å². The summed E-state index contributed by atoms with van der Waals surface area (Å²) in [5.41, 5.74) is 9.82. The van der Waals surface area contributed by atoms with Crippen LogP contribution in [0.1, 0.15) is 0 Å². The molecule has 0 spiro atoms. The summed E-state index contributed by atoms with van der Waals surface area (Å²) in [5.74, 6) is 0. The van der Waals surface area contributed by atoms with Gasteiger partial charge in [-0.15, -0.1) is 12.6 Å². The molecule has 46 valence electrons. The molecule has 0 heterocycles. The maximum absolute atomic E-state index is 5.00. The molecule has 0 amide bonds. The average molecular weight is 206 g/mol. The van der Waals surface area contributed by atoms with Gasteiger partial charge in [-0.2, -0.15) is 0 Å². The number of nitrogens with two attached hydrogens (primary N) is 1. The first-order chi connectivity index (χ1) is 3.63. The van der Waals surface area contributed by atoms with Crippen LogP contribution in [0.4, 0.5) is 0 Å². The summed E-state index contributed by atoms with van der Waals surface area (Å²) in [4.78, 5) is 0. The molecule has 0 saturated heterocycles. The van der Waals surface area contributed by atoms with Gasteiger partial charge >= 0.3 is 51.4 Å². The SMILES string of the molecule is NC(=S)NNC(=S)S.[K+]. The molecule has 3 nitrogen and oxygen atoms in total. The van der Waals surface area contributed by atoms with Crippen molar-refractivity contribution in [2.45, 2.75) is 0 Å². The molecule has 9 heavy (non-hydrogen) atoms. The van der Waals surface area contributed by atoms with Crippen molar-refractivity contribution in [3.05, 3.63) is 0 Å². The van der Waals surface area contributed by atoms with Crippen molar-refractivity contribution < 1.29 is 51.4 Å². The van der Waals surface area contributed by atoms with Crippen LogP contribution in [0.5, 0.6) is 0 Å². The fraction of sp³-hybridized carbons (Fsp3) is 0. The minimum Gasteiger partial charge on any atom is -0.375 e. The van der Waals surface area contributed by atoms with Crippen molar-refractivity contribution in [1.82, 2.24) is 10.9 Å². The molecule has 0 aliphatic carbocycles. The maximum atomic E-state index is 5.00. The Hall–Kier alpha value is 1.57. The van der Waals surface area contributed by atoms with Crippen LogP contribution in [0.2, 0.25) is 0 Å². The van der Waals surface area contributed by atoms with Crippen LogP contribution in [-0.2, 0) is 0 Å². The number of rotatable bonds is 0. The van der Waals surface area contributed by atoms with E-state index < -0.39 is 0 Å². The normalized spacial score (nSPS) is 6.78. The van der Waals surface area contributed by atoms with E-state index in [9.17, 15) is 0 Å². The summed E-state index contributed by atoms with van der Waals surface area (Å²) in [7, 11) is 0. The zero-order valence-corrected chi connectivity index (χ0v) is 10.5. The number of hydrogen-bond acceptors (Lipinski definition) is 2. The molecule has 0 atom stereocenters. The maximum Gasteiger partial charge on any atom is 1.00 e. The topological polar surface area (TPSA) is 50.1 Å². The van der Waals surface area contributed by atoms with Crippen LogP contribution in [0, 0.1) is 0 Å². The molecule has 0 aromatic rings. The van der Waals surface area contributed by atoms with Crippen molar-refractivity contribution in [1.29, 1.82) is 0 Å². The summed E-state index contributed by atoms with van der Waals surface area (Å²) < 4.78 is 0.304. The van der Waals surface area contributed by atoms with Crippen LogP contribution in [-0.4, -0.2) is 9.43 Å². The van der Waals surface area contributed by atoms with E-state index in [1.807, 2.05) is 0 Å². The van der Waals surface area contributed by atoms with Crippen molar-refractivity contribution in [3.8, 4) is 0 Å². The Bertz CT molecular complexity index is 102.